The van der Waals surface area contributed by atoms with Gasteiger partial charge in [-0.2, -0.15) is 0 Å². The van der Waals surface area contributed by atoms with Gasteiger partial charge in [-0.15, -0.1) is 0 Å². The van der Waals surface area contributed by atoms with Crippen molar-refractivity contribution in [2.75, 3.05) is 7.11 Å². The minimum Gasteiger partial charge on any atom is -0.469 e. The molecule has 0 rings (SSSR count). The number of allylic oxidation sites excluding steroid dienone is 6. The van der Waals surface area contributed by atoms with Crippen LogP contribution < -0.4 is 0 Å². The third kappa shape index (κ3) is 16.6. The molecule has 0 N–H and O–H groups in total. The maximum Gasteiger partial charge on any atom is 0.305 e. The lowest BCUT2D eigenvalue weighted by Gasteiger charge is -1.96. The normalized spacial score (nSPS) is 11.9. The van der Waals surface area contributed by atoms with Crippen LogP contribution in [0.25, 0.3) is 0 Å². The largest absolute Gasteiger partial charge is 0.469 e. The average molecular weight is 292 g/mol. The molecular formula is C19H32O2. The molecule has 0 saturated heterocycles. The van der Waals surface area contributed by atoms with Gasteiger partial charge in [-0.3, -0.25) is 4.79 Å². The summed E-state index contributed by atoms with van der Waals surface area (Å²) in [5.41, 5.74) is 0. The lowest BCUT2D eigenvalue weighted by Crippen LogP contribution is -1.98. The molecule has 0 aliphatic carbocycles. The molecule has 2 heteroatoms. The maximum absolute atomic E-state index is 10.9. The second kappa shape index (κ2) is 16.7. The van der Waals surface area contributed by atoms with Crippen LogP contribution in [0.3, 0.4) is 0 Å². The Kier molecular flexibility index (Phi) is 15.7. The topological polar surface area (TPSA) is 26.3 Å². The minimum absolute atomic E-state index is 0.107. The van der Waals surface area contributed by atoms with Crippen LogP contribution in [0.2, 0.25) is 0 Å². The number of methoxy groups -OCH3 is 1. The molecule has 0 aromatic heterocycles. The van der Waals surface area contributed by atoms with Crippen LogP contribution in [0.4, 0.5) is 0 Å². The Hall–Kier alpha value is -1.31. The van der Waals surface area contributed by atoms with Crippen LogP contribution >= 0.6 is 0 Å². The van der Waals surface area contributed by atoms with Gasteiger partial charge >= 0.3 is 5.97 Å². The molecule has 0 radical (unpaired) electrons. The lowest BCUT2D eigenvalue weighted by atomic mass is 10.2. The van der Waals surface area contributed by atoms with Gasteiger partial charge in [-0.1, -0.05) is 56.2 Å². The van der Waals surface area contributed by atoms with E-state index in [9.17, 15) is 4.79 Å². The lowest BCUT2D eigenvalue weighted by molar-refractivity contribution is -0.140. The molecule has 0 aromatic rings. The second-order valence-corrected chi connectivity index (χ2v) is 5.20. The van der Waals surface area contributed by atoms with Crippen molar-refractivity contribution < 1.29 is 9.53 Å². The van der Waals surface area contributed by atoms with Crippen molar-refractivity contribution >= 4 is 5.97 Å². The number of esters is 1. The van der Waals surface area contributed by atoms with E-state index in [0.717, 1.165) is 32.1 Å². The molecular weight excluding hydrogens is 260 g/mol. The first-order valence-electron chi connectivity index (χ1n) is 8.33. The van der Waals surface area contributed by atoms with E-state index in [2.05, 4.69) is 48.1 Å². The van der Waals surface area contributed by atoms with E-state index < -0.39 is 0 Å². The number of hydrogen-bond donors (Lipinski definition) is 0. The number of ether oxygens (including phenoxy) is 1. The summed E-state index contributed by atoms with van der Waals surface area (Å²) >= 11 is 0. The number of rotatable bonds is 13. The van der Waals surface area contributed by atoms with E-state index >= 15 is 0 Å². The Morgan fingerprint density at radius 1 is 0.810 bits per heavy atom. The van der Waals surface area contributed by atoms with Gasteiger partial charge in [-0.05, 0) is 44.9 Å². The van der Waals surface area contributed by atoms with E-state index in [1.54, 1.807) is 0 Å². The van der Waals surface area contributed by atoms with Crippen molar-refractivity contribution in [1.82, 2.24) is 0 Å². The first-order valence-corrected chi connectivity index (χ1v) is 8.33. The Morgan fingerprint density at radius 3 is 1.86 bits per heavy atom. The fourth-order valence-electron chi connectivity index (χ4n) is 1.92. The van der Waals surface area contributed by atoms with Gasteiger partial charge in [0.05, 0.1) is 7.11 Å². The summed E-state index contributed by atoms with van der Waals surface area (Å²) in [5.74, 6) is -0.107. The van der Waals surface area contributed by atoms with E-state index in [-0.39, 0.29) is 5.97 Å². The zero-order valence-electron chi connectivity index (χ0n) is 13.9. The Balaban J connectivity index is 3.34. The van der Waals surface area contributed by atoms with Crippen LogP contribution in [-0.4, -0.2) is 13.1 Å². The third-order valence-corrected chi connectivity index (χ3v) is 3.25. The van der Waals surface area contributed by atoms with E-state index in [4.69, 9.17) is 0 Å². The molecule has 0 amide bonds. The number of hydrogen-bond acceptors (Lipinski definition) is 2. The molecule has 21 heavy (non-hydrogen) atoms. The van der Waals surface area contributed by atoms with Crippen molar-refractivity contribution in [1.29, 1.82) is 0 Å². The molecule has 0 aliphatic rings. The van der Waals surface area contributed by atoms with Gasteiger partial charge < -0.3 is 4.74 Å². The summed E-state index contributed by atoms with van der Waals surface area (Å²) in [6, 6.07) is 0. The SMILES string of the molecule is CCCCC/C=C/CC=CCC=CCCCCC(=O)OC. The number of carbonyl (C=O) groups is 1. The summed E-state index contributed by atoms with van der Waals surface area (Å²) in [7, 11) is 1.44. The van der Waals surface area contributed by atoms with Crippen molar-refractivity contribution in [3.8, 4) is 0 Å². The van der Waals surface area contributed by atoms with E-state index in [0.29, 0.717) is 6.42 Å². The van der Waals surface area contributed by atoms with Crippen LogP contribution in [0.15, 0.2) is 36.5 Å². The van der Waals surface area contributed by atoms with E-state index in [1.807, 2.05) is 0 Å². The summed E-state index contributed by atoms with van der Waals surface area (Å²) in [6.07, 6.45) is 24.1. The summed E-state index contributed by atoms with van der Waals surface area (Å²) in [6.45, 7) is 2.24. The van der Waals surface area contributed by atoms with E-state index in [1.165, 1.54) is 32.8 Å². The highest BCUT2D eigenvalue weighted by Crippen LogP contribution is 2.03. The molecule has 0 bridgehead atoms. The van der Waals surface area contributed by atoms with Crippen LogP contribution in [0, 0.1) is 0 Å². The Labute approximate surface area is 131 Å². The van der Waals surface area contributed by atoms with Crippen LogP contribution in [0.5, 0.6) is 0 Å². The van der Waals surface area contributed by atoms with Crippen molar-refractivity contribution in [2.24, 2.45) is 0 Å². The molecule has 0 unspecified atom stereocenters. The van der Waals surface area contributed by atoms with Gasteiger partial charge in [0.2, 0.25) is 0 Å². The molecule has 2 nitrogen and oxygen atoms in total. The first-order chi connectivity index (χ1) is 10.3. The summed E-state index contributed by atoms with van der Waals surface area (Å²) in [4.78, 5) is 10.9. The molecule has 0 fully saturated rings. The maximum atomic E-state index is 10.9. The van der Waals surface area contributed by atoms with Gasteiger partial charge in [0.25, 0.3) is 0 Å². The van der Waals surface area contributed by atoms with Gasteiger partial charge in [0.15, 0.2) is 0 Å². The molecule has 0 spiro atoms. The second-order valence-electron chi connectivity index (χ2n) is 5.20. The molecule has 0 heterocycles. The average Bonchev–Trinajstić information content (AvgIpc) is 2.50. The van der Waals surface area contributed by atoms with Gasteiger partial charge in [0.1, 0.15) is 0 Å². The Bertz CT molecular complexity index is 314. The smallest absolute Gasteiger partial charge is 0.305 e. The van der Waals surface area contributed by atoms with Gasteiger partial charge in [0, 0.05) is 6.42 Å². The highest BCUT2D eigenvalue weighted by molar-refractivity contribution is 5.68. The zero-order valence-corrected chi connectivity index (χ0v) is 13.9. The third-order valence-electron chi connectivity index (χ3n) is 3.25. The molecule has 120 valence electrons. The predicted molar refractivity (Wildman–Crippen MR) is 91.3 cm³/mol. The molecule has 0 aromatic carbocycles. The quantitative estimate of drug-likeness (QED) is 0.245. The fourth-order valence-corrected chi connectivity index (χ4v) is 1.92. The number of carbonyl (C=O) groups excluding carboxylic acids is 1. The summed E-state index contributed by atoms with van der Waals surface area (Å²) < 4.78 is 4.60. The fraction of sp³-hybridized carbons (Fsp3) is 0.632. The van der Waals surface area contributed by atoms with Crippen molar-refractivity contribution in [2.45, 2.75) is 71.1 Å². The standard InChI is InChI=1S/C19H32O2/c1-3-4-5-6-7-8-9-10-11-12-13-14-15-16-17-18-19(20)21-2/h7-8,10-11,13-14H,3-6,9,12,15-18H2,1-2H3/b8-7+,11-10?,14-13?. The number of unbranched alkanes of at least 4 members (excludes halogenated alkanes) is 5. The Morgan fingerprint density at radius 2 is 1.33 bits per heavy atom. The zero-order chi connectivity index (χ0) is 15.6. The molecule has 0 atom stereocenters. The van der Waals surface area contributed by atoms with Crippen molar-refractivity contribution in [3.63, 3.8) is 0 Å². The first kappa shape index (κ1) is 19.7. The van der Waals surface area contributed by atoms with Crippen molar-refractivity contribution in [3.05, 3.63) is 36.5 Å². The monoisotopic (exact) mass is 292 g/mol. The molecule has 0 saturated carbocycles. The highest BCUT2D eigenvalue weighted by atomic mass is 16.5. The predicted octanol–water partition coefficient (Wildman–Crippen LogP) is 5.75. The van der Waals surface area contributed by atoms with Crippen LogP contribution in [-0.2, 0) is 9.53 Å². The highest BCUT2D eigenvalue weighted by Gasteiger charge is 1.97. The van der Waals surface area contributed by atoms with Gasteiger partial charge in [-0.25, -0.2) is 0 Å². The minimum atomic E-state index is -0.107. The molecule has 0 aliphatic heterocycles. The van der Waals surface area contributed by atoms with Crippen LogP contribution in [0.1, 0.15) is 71.1 Å². The summed E-state index contributed by atoms with van der Waals surface area (Å²) in [5, 5.41) is 0.